The summed E-state index contributed by atoms with van der Waals surface area (Å²) in [5.74, 6) is 0.324. The Morgan fingerprint density at radius 3 is 2.57 bits per heavy atom. The van der Waals surface area contributed by atoms with Crippen molar-refractivity contribution >= 4 is 0 Å². The van der Waals surface area contributed by atoms with E-state index in [-0.39, 0.29) is 24.9 Å². The van der Waals surface area contributed by atoms with E-state index in [0.717, 1.165) is 5.56 Å². The molecule has 2 aromatic rings. The van der Waals surface area contributed by atoms with Crippen LogP contribution in [0.25, 0.3) is 0 Å². The van der Waals surface area contributed by atoms with Gasteiger partial charge < -0.3 is 14.8 Å². The Hall–Kier alpha value is -2.14. The van der Waals surface area contributed by atoms with Crippen LogP contribution in [-0.2, 0) is 6.54 Å². The summed E-state index contributed by atoms with van der Waals surface area (Å²) in [5.41, 5.74) is 1.01. The van der Waals surface area contributed by atoms with Crippen LogP contribution in [0.5, 0.6) is 11.5 Å². The maximum absolute atomic E-state index is 13.6. The number of nitrogens with one attached hydrogen (secondary N) is 1. The molecule has 110 valence electrons. The molecule has 1 unspecified atom stereocenters. The van der Waals surface area contributed by atoms with Gasteiger partial charge in [-0.25, -0.2) is 8.78 Å². The van der Waals surface area contributed by atoms with E-state index in [2.05, 4.69) is 5.32 Å². The molecule has 3 rings (SSSR count). The Bertz CT molecular complexity index is 640. The number of benzene rings is 2. The van der Waals surface area contributed by atoms with E-state index in [1.54, 1.807) is 0 Å². The summed E-state index contributed by atoms with van der Waals surface area (Å²) in [4.78, 5) is 0. The Morgan fingerprint density at radius 2 is 1.81 bits per heavy atom. The van der Waals surface area contributed by atoms with Crippen molar-refractivity contribution in [2.24, 2.45) is 0 Å². The first-order valence-electron chi connectivity index (χ1n) is 6.71. The first kappa shape index (κ1) is 13.8. The second-order valence-electron chi connectivity index (χ2n) is 4.92. The van der Waals surface area contributed by atoms with Crippen LogP contribution in [0.2, 0.25) is 0 Å². The highest BCUT2D eigenvalue weighted by Crippen LogP contribution is 2.34. The summed E-state index contributed by atoms with van der Waals surface area (Å²) in [5, 5.41) is 3.11. The minimum Gasteiger partial charge on any atom is -0.454 e. The van der Waals surface area contributed by atoms with Gasteiger partial charge in [0.15, 0.2) is 11.5 Å². The molecule has 1 aliphatic rings. The predicted molar refractivity (Wildman–Crippen MR) is 74.2 cm³/mol. The zero-order valence-electron chi connectivity index (χ0n) is 11.5. The van der Waals surface area contributed by atoms with Gasteiger partial charge >= 0.3 is 0 Å². The zero-order chi connectivity index (χ0) is 14.8. The van der Waals surface area contributed by atoms with Crippen LogP contribution in [0.4, 0.5) is 8.78 Å². The highest BCUT2D eigenvalue weighted by Gasteiger charge is 2.16. The second kappa shape index (κ2) is 5.69. The molecule has 0 bridgehead atoms. The largest absolute Gasteiger partial charge is 0.454 e. The summed E-state index contributed by atoms with van der Waals surface area (Å²) in [7, 11) is 0. The number of hydrogen-bond acceptors (Lipinski definition) is 3. The fourth-order valence-electron chi connectivity index (χ4n) is 2.26. The zero-order valence-corrected chi connectivity index (χ0v) is 11.5. The fourth-order valence-corrected chi connectivity index (χ4v) is 2.26. The van der Waals surface area contributed by atoms with Crippen LogP contribution in [0.3, 0.4) is 0 Å². The molecular formula is C16H15F2NO2. The van der Waals surface area contributed by atoms with Gasteiger partial charge in [0.2, 0.25) is 6.79 Å². The van der Waals surface area contributed by atoms with E-state index in [9.17, 15) is 8.78 Å². The Kier molecular flexibility index (Phi) is 3.75. The van der Waals surface area contributed by atoms with Crippen molar-refractivity contribution in [3.63, 3.8) is 0 Å². The van der Waals surface area contributed by atoms with Crippen molar-refractivity contribution in [2.75, 3.05) is 6.79 Å². The van der Waals surface area contributed by atoms with E-state index in [0.29, 0.717) is 11.5 Å². The molecule has 0 spiro atoms. The van der Waals surface area contributed by atoms with Crippen molar-refractivity contribution in [1.82, 2.24) is 5.32 Å². The smallest absolute Gasteiger partial charge is 0.231 e. The normalized spacial score (nSPS) is 14.2. The van der Waals surface area contributed by atoms with E-state index in [1.807, 2.05) is 25.1 Å². The third kappa shape index (κ3) is 2.83. The third-order valence-electron chi connectivity index (χ3n) is 3.54. The minimum atomic E-state index is -0.541. The molecule has 1 atom stereocenters. The standard InChI is InChI=1S/C16H15F2NO2/c1-10(11-5-6-15-16(7-11)21-9-20-15)19-8-12-13(17)3-2-4-14(12)18/h2-7,10,19H,8-9H2,1H3. The van der Waals surface area contributed by atoms with E-state index in [4.69, 9.17) is 9.47 Å². The highest BCUT2D eigenvalue weighted by atomic mass is 19.1. The molecule has 0 aliphatic carbocycles. The van der Waals surface area contributed by atoms with Crippen LogP contribution in [0.1, 0.15) is 24.1 Å². The molecule has 5 heteroatoms. The molecular weight excluding hydrogens is 276 g/mol. The average molecular weight is 291 g/mol. The van der Waals surface area contributed by atoms with Gasteiger partial charge in [0.1, 0.15) is 11.6 Å². The molecule has 0 saturated heterocycles. The Labute approximate surface area is 121 Å². The number of hydrogen-bond donors (Lipinski definition) is 1. The molecule has 21 heavy (non-hydrogen) atoms. The first-order valence-corrected chi connectivity index (χ1v) is 6.71. The third-order valence-corrected chi connectivity index (χ3v) is 3.54. The molecule has 1 N–H and O–H groups in total. The number of halogens is 2. The maximum atomic E-state index is 13.6. The lowest BCUT2D eigenvalue weighted by atomic mass is 10.1. The van der Waals surface area contributed by atoms with Gasteiger partial charge in [0.25, 0.3) is 0 Å². The van der Waals surface area contributed by atoms with Gasteiger partial charge in [-0.2, -0.15) is 0 Å². The fraction of sp³-hybridized carbons (Fsp3) is 0.250. The minimum absolute atomic E-state index is 0.0464. The van der Waals surface area contributed by atoms with Gasteiger partial charge in [0, 0.05) is 18.2 Å². The number of rotatable bonds is 4. The van der Waals surface area contributed by atoms with Crippen LogP contribution in [0.15, 0.2) is 36.4 Å². The Morgan fingerprint density at radius 1 is 1.10 bits per heavy atom. The SMILES string of the molecule is CC(NCc1c(F)cccc1F)c1ccc2c(c1)OCO2. The van der Waals surface area contributed by atoms with Gasteiger partial charge in [-0.3, -0.25) is 0 Å². The van der Waals surface area contributed by atoms with Gasteiger partial charge in [-0.05, 0) is 36.8 Å². The summed E-state index contributed by atoms with van der Waals surface area (Å²) in [6.07, 6.45) is 0. The van der Waals surface area contributed by atoms with Crippen molar-refractivity contribution in [1.29, 1.82) is 0 Å². The quantitative estimate of drug-likeness (QED) is 0.934. The first-order chi connectivity index (χ1) is 10.1. The van der Waals surface area contributed by atoms with Crippen LogP contribution < -0.4 is 14.8 Å². The highest BCUT2D eigenvalue weighted by molar-refractivity contribution is 5.45. The van der Waals surface area contributed by atoms with Gasteiger partial charge in [-0.15, -0.1) is 0 Å². The van der Waals surface area contributed by atoms with Crippen LogP contribution >= 0.6 is 0 Å². The lowest BCUT2D eigenvalue weighted by Gasteiger charge is -2.15. The van der Waals surface area contributed by atoms with Gasteiger partial charge in [0.05, 0.1) is 0 Å². The molecule has 0 fully saturated rings. The van der Waals surface area contributed by atoms with Gasteiger partial charge in [-0.1, -0.05) is 12.1 Å². The van der Waals surface area contributed by atoms with E-state index < -0.39 is 11.6 Å². The average Bonchev–Trinajstić information content (AvgIpc) is 2.93. The molecule has 0 amide bonds. The van der Waals surface area contributed by atoms with Crippen molar-refractivity contribution in [3.8, 4) is 11.5 Å². The summed E-state index contributed by atoms with van der Waals surface area (Å²) in [6.45, 7) is 2.27. The molecule has 0 aromatic heterocycles. The molecule has 1 heterocycles. The summed E-state index contributed by atoms with van der Waals surface area (Å²) < 4.78 is 37.7. The van der Waals surface area contributed by atoms with Crippen LogP contribution in [0, 0.1) is 11.6 Å². The summed E-state index contributed by atoms with van der Waals surface area (Å²) in [6, 6.07) is 9.41. The second-order valence-corrected chi connectivity index (χ2v) is 4.92. The topological polar surface area (TPSA) is 30.5 Å². The van der Waals surface area contributed by atoms with Crippen molar-refractivity contribution in [2.45, 2.75) is 19.5 Å². The number of fused-ring (bicyclic) bond motifs is 1. The molecule has 1 aliphatic heterocycles. The van der Waals surface area contributed by atoms with Crippen LogP contribution in [-0.4, -0.2) is 6.79 Å². The molecule has 2 aromatic carbocycles. The molecule has 0 saturated carbocycles. The summed E-state index contributed by atoms with van der Waals surface area (Å²) >= 11 is 0. The number of ether oxygens (including phenoxy) is 2. The monoisotopic (exact) mass is 291 g/mol. The molecule has 0 radical (unpaired) electrons. The Balaban J connectivity index is 1.70. The van der Waals surface area contributed by atoms with Crippen molar-refractivity contribution in [3.05, 3.63) is 59.2 Å². The van der Waals surface area contributed by atoms with E-state index >= 15 is 0 Å². The predicted octanol–water partition coefficient (Wildman–Crippen LogP) is 3.54. The lowest BCUT2D eigenvalue weighted by molar-refractivity contribution is 0.174. The van der Waals surface area contributed by atoms with E-state index in [1.165, 1.54) is 18.2 Å². The lowest BCUT2D eigenvalue weighted by Crippen LogP contribution is -2.19. The molecule has 3 nitrogen and oxygen atoms in total. The maximum Gasteiger partial charge on any atom is 0.231 e. The van der Waals surface area contributed by atoms with Crippen molar-refractivity contribution < 1.29 is 18.3 Å².